The van der Waals surface area contributed by atoms with Crippen molar-refractivity contribution in [1.82, 2.24) is 0 Å². The van der Waals surface area contributed by atoms with Crippen molar-refractivity contribution in [2.24, 2.45) is 0 Å². The van der Waals surface area contributed by atoms with Gasteiger partial charge in [-0.15, -0.1) is 0 Å². The van der Waals surface area contributed by atoms with Gasteiger partial charge in [-0.1, -0.05) is 12.1 Å². The van der Waals surface area contributed by atoms with Crippen molar-refractivity contribution in [3.8, 4) is 23.0 Å². The fraction of sp³-hybridized carbons (Fsp3) is 0.536. The van der Waals surface area contributed by atoms with E-state index in [4.69, 9.17) is 28.4 Å². The molecule has 3 aliphatic rings. The first-order valence-electron chi connectivity index (χ1n) is 13.4. The average molecular weight is 595 g/mol. The summed E-state index contributed by atoms with van der Waals surface area (Å²) in [5.41, 5.74) is 0.647. The molecule has 14 heteroatoms. The van der Waals surface area contributed by atoms with Crippen LogP contribution in [0, 0.1) is 0 Å². The quantitative estimate of drug-likeness (QED) is 0.208. The van der Waals surface area contributed by atoms with Crippen molar-refractivity contribution in [1.29, 1.82) is 0 Å². The first-order valence-corrected chi connectivity index (χ1v) is 13.4. The van der Waals surface area contributed by atoms with Crippen molar-refractivity contribution in [2.45, 2.75) is 80.9 Å². The van der Waals surface area contributed by atoms with Gasteiger partial charge in [-0.3, -0.25) is 4.79 Å². The average Bonchev–Trinajstić information content (AvgIpc) is 2.97. The summed E-state index contributed by atoms with van der Waals surface area (Å²) >= 11 is 0. The van der Waals surface area contributed by atoms with E-state index in [2.05, 4.69) is 0 Å². The summed E-state index contributed by atoms with van der Waals surface area (Å²) in [7, 11) is 1.53. The monoisotopic (exact) mass is 594 g/mol. The van der Waals surface area contributed by atoms with Gasteiger partial charge in [-0.2, -0.15) is 0 Å². The maximum absolute atomic E-state index is 12.9. The van der Waals surface area contributed by atoms with Crippen molar-refractivity contribution in [3.05, 3.63) is 47.5 Å². The Labute approximate surface area is 240 Å². The summed E-state index contributed by atoms with van der Waals surface area (Å²) in [5.74, 6) is -0.244. The van der Waals surface area contributed by atoms with Crippen LogP contribution < -0.4 is 14.2 Å². The maximum atomic E-state index is 12.9. The summed E-state index contributed by atoms with van der Waals surface area (Å²) in [6.07, 6.45) is -15.8. The second-order valence-electron chi connectivity index (χ2n) is 10.4. The summed E-state index contributed by atoms with van der Waals surface area (Å²) < 4.78 is 33.9. The number of methoxy groups -OCH3 is 1. The van der Waals surface area contributed by atoms with E-state index < -0.39 is 79.9 Å². The molecule has 42 heavy (non-hydrogen) atoms. The number of ketones is 1. The van der Waals surface area contributed by atoms with Crippen LogP contribution >= 0.6 is 0 Å². The lowest BCUT2D eigenvalue weighted by Crippen LogP contribution is -2.64. The van der Waals surface area contributed by atoms with Gasteiger partial charge in [0.2, 0.25) is 6.29 Å². The number of aromatic hydroxyl groups is 1. The molecule has 14 nitrogen and oxygen atoms in total. The zero-order valence-corrected chi connectivity index (χ0v) is 22.7. The first-order chi connectivity index (χ1) is 20.0. The molecule has 230 valence electrons. The van der Waals surface area contributed by atoms with Crippen LogP contribution in [0.4, 0.5) is 0 Å². The Morgan fingerprint density at radius 1 is 0.881 bits per heavy atom. The largest absolute Gasteiger partial charge is 0.507 e. The Bertz CT molecular complexity index is 1250. The number of hydrogen-bond acceptors (Lipinski definition) is 14. The van der Waals surface area contributed by atoms with Gasteiger partial charge in [-0.05, 0) is 24.6 Å². The van der Waals surface area contributed by atoms with E-state index in [1.165, 1.54) is 20.1 Å². The topological polar surface area (TPSA) is 214 Å². The molecule has 0 aromatic heterocycles. The van der Waals surface area contributed by atoms with Crippen molar-refractivity contribution in [2.75, 3.05) is 13.7 Å². The molecule has 0 amide bonds. The molecule has 0 unspecified atom stereocenters. The van der Waals surface area contributed by atoms with Gasteiger partial charge in [0.05, 0.1) is 26.2 Å². The van der Waals surface area contributed by atoms with E-state index in [-0.39, 0.29) is 29.3 Å². The Balaban J connectivity index is 1.40. The van der Waals surface area contributed by atoms with Gasteiger partial charge in [0, 0.05) is 12.1 Å². The van der Waals surface area contributed by atoms with Crippen LogP contribution in [-0.2, 0) is 14.2 Å². The van der Waals surface area contributed by atoms with Gasteiger partial charge in [0.1, 0.15) is 71.3 Å². The van der Waals surface area contributed by atoms with Crippen LogP contribution in [0.1, 0.15) is 35.4 Å². The number of carbonyl (C=O) groups is 1. The predicted molar refractivity (Wildman–Crippen MR) is 139 cm³/mol. The van der Waals surface area contributed by atoms with Crippen molar-refractivity contribution in [3.63, 3.8) is 0 Å². The number of phenolic OH excluding ortho intramolecular Hbond substituents is 1. The molecule has 3 aliphatic heterocycles. The summed E-state index contributed by atoms with van der Waals surface area (Å²) in [5, 5.41) is 72.3. The number of carbonyl (C=O) groups excluding carboxylic acids is 1. The van der Waals surface area contributed by atoms with Crippen LogP contribution in [0.25, 0.3) is 0 Å². The van der Waals surface area contributed by atoms with E-state index in [1.807, 2.05) is 0 Å². The highest BCUT2D eigenvalue weighted by atomic mass is 16.8. The molecule has 5 rings (SSSR count). The minimum Gasteiger partial charge on any atom is -0.507 e. The number of aliphatic hydroxyl groups excluding tert-OH is 6. The third-order valence-corrected chi connectivity index (χ3v) is 7.64. The van der Waals surface area contributed by atoms with E-state index in [1.54, 1.807) is 24.3 Å². The number of Topliss-reactive ketones (excluding diaryl/α,β-unsaturated/α-hetero) is 1. The third kappa shape index (κ3) is 5.77. The molecule has 11 atom stereocenters. The van der Waals surface area contributed by atoms with Gasteiger partial charge in [0.25, 0.3) is 0 Å². The molecule has 0 saturated carbocycles. The number of rotatable bonds is 7. The first kappa shape index (κ1) is 30.4. The van der Waals surface area contributed by atoms with Crippen LogP contribution in [0.2, 0.25) is 0 Å². The van der Waals surface area contributed by atoms with E-state index >= 15 is 0 Å². The van der Waals surface area contributed by atoms with Crippen molar-refractivity contribution >= 4 is 5.78 Å². The summed E-state index contributed by atoms with van der Waals surface area (Å²) in [6, 6.07) is 9.42. The van der Waals surface area contributed by atoms with Crippen LogP contribution in [0.5, 0.6) is 23.0 Å². The van der Waals surface area contributed by atoms with Crippen molar-refractivity contribution < 1.29 is 69.0 Å². The Morgan fingerprint density at radius 3 is 2.26 bits per heavy atom. The lowest BCUT2D eigenvalue weighted by molar-refractivity contribution is -0.354. The Morgan fingerprint density at radius 2 is 1.60 bits per heavy atom. The lowest BCUT2D eigenvalue weighted by atomic mass is 9.95. The van der Waals surface area contributed by atoms with E-state index in [0.717, 1.165) is 6.07 Å². The van der Waals surface area contributed by atoms with Gasteiger partial charge < -0.3 is 64.2 Å². The maximum Gasteiger partial charge on any atom is 0.229 e. The van der Waals surface area contributed by atoms with E-state index in [9.17, 15) is 40.5 Å². The molecular formula is C28H34O14. The van der Waals surface area contributed by atoms with Gasteiger partial charge in [0.15, 0.2) is 18.2 Å². The van der Waals surface area contributed by atoms with Crippen LogP contribution in [0.3, 0.4) is 0 Å². The highest BCUT2D eigenvalue weighted by Gasteiger charge is 2.51. The highest BCUT2D eigenvalue weighted by Crippen LogP contribution is 2.43. The van der Waals surface area contributed by atoms with E-state index in [0.29, 0.717) is 11.3 Å². The highest BCUT2D eigenvalue weighted by molar-refractivity contribution is 6.02. The molecule has 2 aromatic rings. The minimum atomic E-state index is -1.74. The second kappa shape index (κ2) is 12.3. The number of hydrogen-bond donors (Lipinski definition) is 7. The summed E-state index contributed by atoms with van der Waals surface area (Å²) in [6.45, 7) is 0.733. The lowest BCUT2D eigenvalue weighted by Gasteiger charge is -2.45. The molecule has 0 spiro atoms. The molecule has 2 saturated heterocycles. The standard InChI is InChI=1S/C28H34O14/c1-11-21(32)23(34)25(36)27(38-11)42-26-24(35)22(33)19(10-29)41-28(26)39-14-7-15(30)20-16(31)9-17(40-18(20)8-14)12-3-5-13(37-2)6-4-12/h3-8,11,17,19,21-30,32-36H,9-10H2,1-2H3/t11-,17-,19-,21-,22-,23-,24+,25-,26-,27-,28-/m0/s1. The van der Waals surface area contributed by atoms with Crippen LogP contribution in [0.15, 0.2) is 36.4 Å². The Kier molecular flexibility index (Phi) is 8.89. The smallest absolute Gasteiger partial charge is 0.229 e. The Hall–Kier alpha value is -3.05. The molecule has 2 fully saturated rings. The number of aliphatic hydroxyl groups is 6. The molecule has 2 aromatic carbocycles. The molecule has 0 aliphatic carbocycles. The predicted octanol–water partition coefficient (Wildman–Crippen LogP) is -0.862. The van der Waals surface area contributed by atoms with Crippen LogP contribution in [-0.4, -0.2) is 117 Å². The fourth-order valence-corrected chi connectivity index (χ4v) is 5.20. The molecule has 0 radical (unpaired) electrons. The third-order valence-electron chi connectivity index (χ3n) is 7.64. The van der Waals surface area contributed by atoms with Gasteiger partial charge in [-0.25, -0.2) is 0 Å². The number of phenols is 1. The molecule has 7 N–H and O–H groups in total. The molecule has 0 bridgehead atoms. The summed E-state index contributed by atoms with van der Waals surface area (Å²) in [4.78, 5) is 12.9. The second-order valence-corrected chi connectivity index (χ2v) is 10.4. The van der Waals surface area contributed by atoms with Gasteiger partial charge >= 0.3 is 0 Å². The SMILES string of the molecule is COc1ccc([C@@H]2CC(=O)c3c(O)cc(O[C@H]4O[C@@H](CO)[C@H](O)[C@@H](O)[C@@H]4O[C@@H]4O[C@@H](C)[C@H](O)[C@H](O)[C@@H]4O)cc3O2)cc1. The zero-order chi connectivity index (χ0) is 30.3. The number of fused-ring (bicyclic) bond motifs is 1. The zero-order valence-electron chi connectivity index (χ0n) is 22.7. The molecule has 3 heterocycles. The fourth-order valence-electron chi connectivity index (χ4n) is 5.20. The number of benzene rings is 2. The normalized spacial score (nSPS) is 36.6. The molecular weight excluding hydrogens is 560 g/mol. The number of ether oxygens (including phenoxy) is 6. The minimum absolute atomic E-state index is 0.0200.